The number of rotatable bonds is 5. The van der Waals surface area contributed by atoms with Gasteiger partial charge in [-0.05, 0) is 30.8 Å². The summed E-state index contributed by atoms with van der Waals surface area (Å²) in [5.41, 5.74) is 2.29. The molecule has 5 heteroatoms. The first-order valence-electron chi connectivity index (χ1n) is 7.99. The summed E-state index contributed by atoms with van der Waals surface area (Å²) in [6.45, 7) is 0.389. The molecule has 0 radical (unpaired) electrons. The first kappa shape index (κ1) is 16.4. The molecular formula is C19H20FN3O. The van der Waals surface area contributed by atoms with Gasteiger partial charge in [-0.2, -0.15) is 5.26 Å². The third kappa shape index (κ3) is 2.99. The molecular weight excluding hydrogens is 305 g/mol. The van der Waals surface area contributed by atoms with Crippen LogP contribution < -0.4 is 5.32 Å². The first-order chi connectivity index (χ1) is 11.7. The minimum atomic E-state index is -1.04. The van der Waals surface area contributed by atoms with Crippen LogP contribution in [0, 0.1) is 11.3 Å². The molecule has 1 aromatic carbocycles. The van der Waals surface area contributed by atoms with Gasteiger partial charge >= 0.3 is 0 Å². The molecule has 4 nitrogen and oxygen atoms in total. The van der Waals surface area contributed by atoms with Crippen molar-refractivity contribution in [3.8, 4) is 6.07 Å². The Balaban J connectivity index is 2.11. The summed E-state index contributed by atoms with van der Waals surface area (Å²) < 4.78 is 15.8. The fourth-order valence-corrected chi connectivity index (χ4v) is 3.34. The van der Waals surface area contributed by atoms with Crippen molar-refractivity contribution in [1.29, 1.82) is 5.26 Å². The highest BCUT2D eigenvalue weighted by Gasteiger charge is 2.28. The molecule has 2 unspecified atom stereocenters. The van der Waals surface area contributed by atoms with Crippen molar-refractivity contribution in [1.82, 2.24) is 9.88 Å². The number of alkyl halides is 1. The predicted octanol–water partition coefficient (Wildman–Crippen LogP) is 2.86. The number of allylic oxidation sites excluding steroid dienone is 3. The third-order valence-corrected chi connectivity index (χ3v) is 4.40. The number of hydrogen-bond acceptors (Lipinski definition) is 3. The maximum atomic E-state index is 13.8. The van der Waals surface area contributed by atoms with E-state index in [0.717, 1.165) is 16.5 Å². The van der Waals surface area contributed by atoms with Crippen LogP contribution in [0.4, 0.5) is 4.39 Å². The number of aliphatic hydroxyl groups excluding tert-OH is 1. The number of aromatic nitrogens is 1. The summed E-state index contributed by atoms with van der Waals surface area (Å²) in [5.74, 6) is 0. The highest BCUT2D eigenvalue weighted by molar-refractivity contribution is 5.86. The third-order valence-electron chi connectivity index (χ3n) is 4.40. The second kappa shape index (κ2) is 7.00. The quantitative estimate of drug-likeness (QED) is 0.888. The maximum Gasteiger partial charge on any atom is 0.122 e. The number of nitriles is 1. The van der Waals surface area contributed by atoms with Crippen molar-refractivity contribution in [3.63, 3.8) is 0 Å². The molecule has 0 saturated heterocycles. The van der Waals surface area contributed by atoms with Crippen LogP contribution in [0.15, 0.2) is 54.3 Å². The zero-order valence-corrected chi connectivity index (χ0v) is 13.5. The molecule has 24 heavy (non-hydrogen) atoms. The summed E-state index contributed by atoms with van der Waals surface area (Å²) in [6, 6.07) is 9.19. The van der Waals surface area contributed by atoms with Crippen LogP contribution >= 0.6 is 0 Å². The van der Waals surface area contributed by atoms with Gasteiger partial charge in [0.05, 0.1) is 23.8 Å². The minimum Gasteiger partial charge on any atom is -0.389 e. The Bertz CT molecular complexity index is 831. The van der Waals surface area contributed by atoms with Gasteiger partial charge < -0.3 is 15.0 Å². The van der Waals surface area contributed by atoms with E-state index in [9.17, 15) is 14.8 Å². The average molecular weight is 325 g/mol. The van der Waals surface area contributed by atoms with Crippen LogP contribution in [-0.4, -0.2) is 35.5 Å². The van der Waals surface area contributed by atoms with Gasteiger partial charge in [0, 0.05) is 30.1 Å². The Morgan fingerprint density at radius 1 is 1.46 bits per heavy atom. The van der Waals surface area contributed by atoms with E-state index in [4.69, 9.17) is 0 Å². The molecule has 2 aromatic rings. The van der Waals surface area contributed by atoms with Gasteiger partial charge in [-0.1, -0.05) is 24.3 Å². The lowest BCUT2D eigenvalue weighted by molar-refractivity contribution is 0.127. The van der Waals surface area contributed by atoms with Gasteiger partial charge in [0.1, 0.15) is 6.17 Å². The monoisotopic (exact) mass is 325 g/mol. The number of likely N-dealkylation sites (N-methyl/N-ethyl adjacent to an activating group) is 1. The van der Waals surface area contributed by atoms with E-state index in [1.165, 1.54) is 6.08 Å². The van der Waals surface area contributed by atoms with E-state index in [1.54, 1.807) is 19.2 Å². The molecule has 0 aliphatic heterocycles. The van der Waals surface area contributed by atoms with E-state index in [-0.39, 0.29) is 12.5 Å². The van der Waals surface area contributed by atoms with Crippen molar-refractivity contribution in [3.05, 3.63) is 59.8 Å². The molecule has 1 heterocycles. The number of benzene rings is 1. The minimum absolute atomic E-state index is 0.263. The molecule has 1 aromatic heterocycles. The molecule has 2 N–H and O–H groups in total. The number of nitrogens with one attached hydrogen (secondary N) is 1. The van der Waals surface area contributed by atoms with Crippen molar-refractivity contribution in [2.75, 3.05) is 13.6 Å². The van der Waals surface area contributed by atoms with E-state index in [2.05, 4.69) is 11.4 Å². The number of halogens is 1. The summed E-state index contributed by atoms with van der Waals surface area (Å²) in [4.78, 5) is 0. The van der Waals surface area contributed by atoms with E-state index in [0.29, 0.717) is 12.1 Å². The standard InChI is InChI=1S/C19H20FN3O/c1-22-12-18(24)19(13-4-2-6-15(20)10-13)23-9-8-16-14(11-21)5-3-7-17(16)23/h2-9,15,18-19,22,24H,10,12H2,1H3/t15?,18?,19-/m0/s1. The van der Waals surface area contributed by atoms with Crippen LogP contribution in [0.3, 0.4) is 0 Å². The highest BCUT2D eigenvalue weighted by Crippen LogP contribution is 2.33. The van der Waals surface area contributed by atoms with Gasteiger partial charge in [-0.3, -0.25) is 0 Å². The normalized spacial score (nSPS) is 19.8. The lowest BCUT2D eigenvalue weighted by Crippen LogP contribution is -2.34. The zero-order valence-electron chi connectivity index (χ0n) is 13.5. The molecule has 1 aliphatic carbocycles. The molecule has 0 amide bonds. The second-order valence-electron chi connectivity index (χ2n) is 5.99. The van der Waals surface area contributed by atoms with Crippen LogP contribution in [0.25, 0.3) is 10.9 Å². The summed E-state index contributed by atoms with van der Waals surface area (Å²) in [6.07, 6.45) is 5.48. The van der Waals surface area contributed by atoms with Crippen LogP contribution in [0.2, 0.25) is 0 Å². The van der Waals surface area contributed by atoms with Gasteiger partial charge in [0.15, 0.2) is 0 Å². The zero-order chi connectivity index (χ0) is 17.1. The van der Waals surface area contributed by atoms with Crippen LogP contribution in [-0.2, 0) is 0 Å². The molecule has 0 fully saturated rings. The molecule has 0 saturated carbocycles. The van der Waals surface area contributed by atoms with Crippen molar-refractivity contribution in [2.45, 2.75) is 24.7 Å². The van der Waals surface area contributed by atoms with Gasteiger partial charge in [-0.25, -0.2) is 4.39 Å². The molecule has 124 valence electrons. The Labute approximate surface area is 140 Å². The SMILES string of the molecule is CNCC(O)[C@H](C1=CC=CC(F)C1)n1ccc2c(C#N)cccc21. The van der Waals surface area contributed by atoms with E-state index >= 15 is 0 Å². The van der Waals surface area contributed by atoms with Crippen molar-refractivity contribution in [2.24, 2.45) is 0 Å². The lowest BCUT2D eigenvalue weighted by atomic mass is 9.92. The maximum absolute atomic E-state index is 13.8. The van der Waals surface area contributed by atoms with Gasteiger partial charge in [-0.15, -0.1) is 0 Å². The second-order valence-corrected chi connectivity index (χ2v) is 5.99. The summed E-state index contributed by atoms with van der Waals surface area (Å²) >= 11 is 0. The molecule has 1 aliphatic rings. The number of hydrogen-bond donors (Lipinski definition) is 2. The van der Waals surface area contributed by atoms with Gasteiger partial charge in [0.2, 0.25) is 0 Å². The predicted molar refractivity (Wildman–Crippen MR) is 92.4 cm³/mol. The molecule has 0 spiro atoms. The fraction of sp³-hybridized carbons (Fsp3) is 0.316. The van der Waals surface area contributed by atoms with E-state index in [1.807, 2.05) is 35.0 Å². The first-order valence-corrected chi connectivity index (χ1v) is 7.99. The van der Waals surface area contributed by atoms with Crippen molar-refractivity contribution < 1.29 is 9.50 Å². The Morgan fingerprint density at radius 2 is 2.29 bits per heavy atom. The Hall–Kier alpha value is -2.42. The number of fused-ring (bicyclic) bond motifs is 1. The average Bonchev–Trinajstić information content (AvgIpc) is 2.99. The molecule has 3 rings (SSSR count). The largest absolute Gasteiger partial charge is 0.389 e. The summed E-state index contributed by atoms with van der Waals surface area (Å²) in [7, 11) is 1.77. The van der Waals surface area contributed by atoms with E-state index < -0.39 is 12.3 Å². The highest BCUT2D eigenvalue weighted by atomic mass is 19.1. The lowest BCUT2D eigenvalue weighted by Gasteiger charge is -2.29. The Kier molecular flexibility index (Phi) is 4.79. The van der Waals surface area contributed by atoms with Gasteiger partial charge in [0.25, 0.3) is 0 Å². The van der Waals surface area contributed by atoms with Crippen molar-refractivity contribution >= 4 is 10.9 Å². The Morgan fingerprint density at radius 3 is 3.00 bits per heavy atom. The smallest absolute Gasteiger partial charge is 0.122 e. The van der Waals surface area contributed by atoms with Crippen LogP contribution in [0.1, 0.15) is 18.0 Å². The molecule has 3 atom stereocenters. The fourth-order valence-electron chi connectivity index (χ4n) is 3.34. The summed E-state index contributed by atoms with van der Waals surface area (Å²) in [5, 5.41) is 23.8. The van der Waals surface area contributed by atoms with Crippen LogP contribution in [0.5, 0.6) is 0 Å². The molecule has 0 bridgehead atoms. The topological polar surface area (TPSA) is 61.0 Å². The number of nitrogens with zero attached hydrogens (tertiary/aromatic N) is 2. The number of aliphatic hydroxyl groups is 1.